The zero-order chi connectivity index (χ0) is 22.6. The summed E-state index contributed by atoms with van der Waals surface area (Å²) in [6.07, 6.45) is 0. The van der Waals surface area contributed by atoms with Gasteiger partial charge in [0.1, 0.15) is 0 Å². The van der Waals surface area contributed by atoms with Crippen LogP contribution in [0.5, 0.6) is 0 Å². The number of anilines is 3. The summed E-state index contributed by atoms with van der Waals surface area (Å²) in [6.45, 7) is 4.26. The Balaban J connectivity index is 1.53. The van der Waals surface area contributed by atoms with Crippen molar-refractivity contribution >= 4 is 17.1 Å². The first-order chi connectivity index (χ1) is 16.2. The van der Waals surface area contributed by atoms with Gasteiger partial charge in [-0.3, -0.25) is 0 Å². The van der Waals surface area contributed by atoms with Gasteiger partial charge < -0.3 is 4.90 Å². The third-order valence-corrected chi connectivity index (χ3v) is 6.00. The predicted molar refractivity (Wildman–Crippen MR) is 141 cm³/mol. The van der Waals surface area contributed by atoms with Crippen LogP contribution in [-0.4, -0.2) is 0 Å². The van der Waals surface area contributed by atoms with E-state index in [-0.39, 0.29) is 0 Å². The number of nitrogens with zero attached hydrogens (tertiary/aromatic N) is 1. The number of rotatable bonds is 5. The van der Waals surface area contributed by atoms with Gasteiger partial charge in [0.25, 0.3) is 0 Å². The molecule has 160 valence electrons. The van der Waals surface area contributed by atoms with Crippen LogP contribution in [0.15, 0.2) is 127 Å². The van der Waals surface area contributed by atoms with Crippen LogP contribution in [0.4, 0.5) is 17.1 Å². The SMILES string of the molecule is Cc1ccc(-c2ccc(N(c3ccc(-c4ccccc4)cc3)c3cccc(C)c3)cc2)cc1. The highest BCUT2D eigenvalue weighted by Crippen LogP contribution is 2.36. The van der Waals surface area contributed by atoms with Gasteiger partial charge in [-0.05, 0) is 78.1 Å². The Hall–Kier alpha value is -4.10. The Morgan fingerprint density at radius 3 is 1.36 bits per heavy atom. The third kappa shape index (κ3) is 4.58. The minimum Gasteiger partial charge on any atom is -0.310 e. The molecule has 0 atom stereocenters. The average molecular weight is 426 g/mol. The minimum atomic E-state index is 1.14. The van der Waals surface area contributed by atoms with Gasteiger partial charge in [0, 0.05) is 17.1 Å². The lowest BCUT2D eigenvalue weighted by atomic mass is 10.0. The van der Waals surface area contributed by atoms with E-state index in [9.17, 15) is 0 Å². The first kappa shape index (κ1) is 20.8. The highest BCUT2D eigenvalue weighted by molar-refractivity contribution is 5.80. The van der Waals surface area contributed by atoms with Gasteiger partial charge in [-0.25, -0.2) is 0 Å². The molecule has 0 heterocycles. The van der Waals surface area contributed by atoms with E-state index in [1.807, 2.05) is 0 Å². The highest BCUT2D eigenvalue weighted by Gasteiger charge is 2.13. The summed E-state index contributed by atoms with van der Waals surface area (Å²) >= 11 is 0. The molecule has 0 aliphatic carbocycles. The first-order valence-corrected chi connectivity index (χ1v) is 11.4. The Labute approximate surface area is 196 Å². The molecule has 0 radical (unpaired) electrons. The molecule has 5 rings (SSSR count). The lowest BCUT2D eigenvalue weighted by Gasteiger charge is -2.26. The Bertz CT molecular complexity index is 1330. The highest BCUT2D eigenvalue weighted by atomic mass is 15.1. The largest absolute Gasteiger partial charge is 0.310 e. The van der Waals surface area contributed by atoms with E-state index in [2.05, 4.69) is 146 Å². The molecule has 0 N–H and O–H groups in total. The van der Waals surface area contributed by atoms with Crippen molar-refractivity contribution in [3.05, 3.63) is 139 Å². The van der Waals surface area contributed by atoms with E-state index in [0.29, 0.717) is 0 Å². The smallest absolute Gasteiger partial charge is 0.0464 e. The fraction of sp³-hybridized carbons (Fsp3) is 0.0625. The summed E-state index contributed by atoms with van der Waals surface area (Å²) in [7, 11) is 0. The van der Waals surface area contributed by atoms with E-state index in [1.165, 1.54) is 33.4 Å². The molecule has 5 aromatic rings. The number of aryl methyl sites for hydroxylation is 2. The molecule has 0 bridgehead atoms. The van der Waals surface area contributed by atoms with Crippen molar-refractivity contribution in [1.82, 2.24) is 0 Å². The van der Waals surface area contributed by atoms with Crippen molar-refractivity contribution in [2.45, 2.75) is 13.8 Å². The van der Waals surface area contributed by atoms with Crippen LogP contribution in [-0.2, 0) is 0 Å². The molecule has 0 unspecified atom stereocenters. The molecular weight excluding hydrogens is 398 g/mol. The molecule has 0 saturated carbocycles. The maximum atomic E-state index is 2.32. The standard InChI is InChI=1S/C32H27N/c1-24-11-13-27(14-12-24)29-17-21-31(22-18-29)33(32-10-6-7-25(2)23-32)30-19-15-28(16-20-30)26-8-4-3-5-9-26/h3-23H,1-2H3. The zero-order valence-corrected chi connectivity index (χ0v) is 19.1. The van der Waals surface area contributed by atoms with Crippen LogP contribution < -0.4 is 4.90 Å². The number of hydrogen-bond donors (Lipinski definition) is 0. The normalized spacial score (nSPS) is 10.7. The molecule has 0 spiro atoms. The summed E-state index contributed by atoms with van der Waals surface area (Å²) in [4.78, 5) is 2.32. The first-order valence-electron chi connectivity index (χ1n) is 11.4. The van der Waals surface area contributed by atoms with Gasteiger partial charge in [-0.15, -0.1) is 0 Å². The molecule has 0 fully saturated rings. The van der Waals surface area contributed by atoms with Crippen molar-refractivity contribution in [2.24, 2.45) is 0 Å². The molecule has 0 aromatic heterocycles. The van der Waals surface area contributed by atoms with E-state index in [0.717, 1.165) is 17.1 Å². The van der Waals surface area contributed by atoms with Crippen molar-refractivity contribution in [3.8, 4) is 22.3 Å². The molecule has 33 heavy (non-hydrogen) atoms. The summed E-state index contributed by atoms with van der Waals surface area (Å²) < 4.78 is 0. The lowest BCUT2D eigenvalue weighted by Crippen LogP contribution is -2.10. The molecule has 0 aliphatic rings. The van der Waals surface area contributed by atoms with Crippen molar-refractivity contribution in [2.75, 3.05) is 4.90 Å². The predicted octanol–water partition coefficient (Wildman–Crippen LogP) is 9.11. The van der Waals surface area contributed by atoms with Gasteiger partial charge in [0.15, 0.2) is 0 Å². The van der Waals surface area contributed by atoms with Crippen LogP contribution in [0.1, 0.15) is 11.1 Å². The van der Waals surface area contributed by atoms with E-state index in [4.69, 9.17) is 0 Å². The van der Waals surface area contributed by atoms with Gasteiger partial charge in [-0.2, -0.15) is 0 Å². The summed E-state index contributed by atoms with van der Waals surface area (Å²) in [5.74, 6) is 0. The second-order valence-corrected chi connectivity index (χ2v) is 8.50. The van der Waals surface area contributed by atoms with E-state index in [1.54, 1.807) is 0 Å². The second-order valence-electron chi connectivity index (χ2n) is 8.50. The molecule has 5 aromatic carbocycles. The van der Waals surface area contributed by atoms with Gasteiger partial charge >= 0.3 is 0 Å². The average Bonchev–Trinajstić information content (AvgIpc) is 2.86. The van der Waals surface area contributed by atoms with Crippen LogP contribution in [0.3, 0.4) is 0 Å². The zero-order valence-electron chi connectivity index (χ0n) is 19.1. The summed E-state index contributed by atoms with van der Waals surface area (Å²) in [6, 6.07) is 45.5. The van der Waals surface area contributed by atoms with Gasteiger partial charge in [0.05, 0.1) is 0 Å². The molecule has 0 aliphatic heterocycles. The maximum Gasteiger partial charge on any atom is 0.0464 e. The Kier molecular flexibility index (Phi) is 5.78. The number of benzene rings is 5. The quantitative estimate of drug-likeness (QED) is 0.271. The molecule has 0 saturated heterocycles. The van der Waals surface area contributed by atoms with Gasteiger partial charge in [0.2, 0.25) is 0 Å². The topological polar surface area (TPSA) is 3.24 Å². The van der Waals surface area contributed by atoms with E-state index < -0.39 is 0 Å². The summed E-state index contributed by atoms with van der Waals surface area (Å²) in [5, 5.41) is 0. The summed E-state index contributed by atoms with van der Waals surface area (Å²) in [5.41, 5.74) is 10.9. The minimum absolute atomic E-state index is 1.14. The fourth-order valence-electron chi connectivity index (χ4n) is 4.20. The molecule has 1 nitrogen and oxygen atoms in total. The maximum absolute atomic E-state index is 2.32. The molecular formula is C32H27N. The van der Waals surface area contributed by atoms with E-state index >= 15 is 0 Å². The van der Waals surface area contributed by atoms with Crippen LogP contribution >= 0.6 is 0 Å². The monoisotopic (exact) mass is 425 g/mol. The fourth-order valence-corrected chi connectivity index (χ4v) is 4.20. The van der Waals surface area contributed by atoms with Crippen molar-refractivity contribution < 1.29 is 0 Å². The van der Waals surface area contributed by atoms with Crippen LogP contribution in [0, 0.1) is 13.8 Å². The Morgan fingerprint density at radius 2 is 0.848 bits per heavy atom. The van der Waals surface area contributed by atoms with Crippen LogP contribution in [0.2, 0.25) is 0 Å². The lowest BCUT2D eigenvalue weighted by molar-refractivity contribution is 1.27. The second kappa shape index (κ2) is 9.18. The third-order valence-electron chi connectivity index (χ3n) is 6.00. The molecule has 0 amide bonds. The van der Waals surface area contributed by atoms with Crippen molar-refractivity contribution in [3.63, 3.8) is 0 Å². The van der Waals surface area contributed by atoms with Crippen LogP contribution in [0.25, 0.3) is 22.3 Å². The molecule has 1 heteroatoms. The van der Waals surface area contributed by atoms with Gasteiger partial charge in [-0.1, -0.05) is 96.6 Å². The Morgan fingerprint density at radius 1 is 0.364 bits per heavy atom. The number of hydrogen-bond acceptors (Lipinski definition) is 1. The van der Waals surface area contributed by atoms with Crippen molar-refractivity contribution in [1.29, 1.82) is 0 Å².